The number of hydrogen-bond donors (Lipinski definition) is 2. The summed E-state index contributed by atoms with van der Waals surface area (Å²) in [5, 5.41) is 11.1. The number of aromatic amines is 1. The number of hydrogen-bond acceptors (Lipinski definition) is 3. The highest BCUT2D eigenvalue weighted by Crippen LogP contribution is 2.17. The molecule has 22 heavy (non-hydrogen) atoms. The number of H-pyrrole nitrogens is 1. The van der Waals surface area contributed by atoms with Crippen molar-refractivity contribution in [2.75, 3.05) is 19.6 Å². The molecule has 1 fully saturated rings. The highest BCUT2D eigenvalue weighted by atomic mass is 16.2. The molecule has 0 saturated carbocycles. The normalized spacial score (nSPS) is 17.5. The van der Waals surface area contributed by atoms with E-state index in [1.165, 1.54) is 19.3 Å². The fraction of sp³-hybridized carbons (Fsp3) is 0.529. The lowest BCUT2D eigenvalue weighted by molar-refractivity contribution is 0.0922. The molecule has 1 saturated heterocycles. The van der Waals surface area contributed by atoms with Crippen LogP contribution in [-0.2, 0) is 0 Å². The summed E-state index contributed by atoms with van der Waals surface area (Å²) < 4.78 is 0. The lowest BCUT2D eigenvalue weighted by Gasteiger charge is -2.29. The van der Waals surface area contributed by atoms with Gasteiger partial charge in [0.05, 0.1) is 5.52 Å². The standard InChI is InChI=1S/C17H24N4O/c1-12-6-7-15-14(10-12)16(20-19-15)17(22)18-13(2)11-21-8-4-3-5-9-21/h6-7,10,13H,3-5,8-9,11H2,1-2H3,(H,18,22)(H,19,20). The fourth-order valence-corrected chi connectivity index (χ4v) is 3.17. The van der Waals surface area contributed by atoms with Gasteiger partial charge in [0.2, 0.25) is 0 Å². The van der Waals surface area contributed by atoms with Crippen LogP contribution in [0.15, 0.2) is 18.2 Å². The van der Waals surface area contributed by atoms with Crippen molar-refractivity contribution in [1.29, 1.82) is 0 Å². The zero-order chi connectivity index (χ0) is 15.5. The summed E-state index contributed by atoms with van der Waals surface area (Å²) in [6.45, 7) is 7.28. The van der Waals surface area contributed by atoms with Gasteiger partial charge in [0.1, 0.15) is 0 Å². The van der Waals surface area contributed by atoms with E-state index in [1.54, 1.807) is 0 Å². The Morgan fingerprint density at radius 2 is 2.14 bits per heavy atom. The van der Waals surface area contributed by atoms with E-state index < -0.39 is 0 Å². The second kappa shape index (κ2) is 6.48. The number of carbonyl (C=O) groups is 1. The van der Waals surface area contributed by atoms with Crippen molar-refractivity contribution in [3.8, 4) is 0 Å². The van der Waals surface area contributed by atoms with Gasteiger partial charge in [-0.25, -0.2) is 0 Å². The molecule has 1 aliphatic heterocycles. The molecule has 1 aromatic carbocycles. The monoisotopic (exact) mass is 300 g/mol. The number of aromatic nitrogens is 2. The van der Waals surface area contributed by atoms with Crippen LogP contribution in [0.3, 0.4) is 0 Å². The average molecular weight is 300 g/mol. The second-order valence-corrected chi connectivity index (χ2v) is 6.36. The largest absolute Gasteiger partial charge is 0.347 e. The van der Waals surface area contributed by atoms with Crippen molar-refractivity contribution in [1.82, 2.24) is 20.4 Å². The van der Waals surface area contributed by atoms with Crippen LogP contribution < -0.4 is 5.32 Å². The van der Waals surface area contributed by atoms with Crippen LogP contribution in [0.25, 0.3) is 10.9 Å². The molecule has 1 aliphatic rings. The first kappa shape index (κ1) is 15.0. The van der Waals surface area contributed by atoms with Gasteiger partial charge in [-0.05, 0) is 51.9 Å². The Bertz CT molecular complexity index is 658. The maximum Gasteiger partial charge on any atom is 0.272 e. The summed E-state index contributed by atoms with van der Waals surface area (Å²) in [5.41, 5.74) is 2.52. The lowest BCUT2D eigenvalue weighted by atomic mass is 10.1. The number of nitrogens with one attached hydrogen (secondary N) is 2. The van der Waals surface area contributed by atoms with Crippen LogP contribution in [0.1, 0.15) is 42.2 Å². The number of nitrogens with zero attached hydrogens (tertiary/aromatic N) is 2. The van der Waals surface area contributed by atoms with Crippen LogP contribution in [-0.4, -0.2) is 46.7 Å². The smallest absolute Gasteiger partial charge is 0.272 e. The Labute approximate surface area is 131 Å². The van der Waals surface area contributed by atoms with E-state index in [-0.39, 0.29) is 11.9 Å². The number of piperidine rings is 1. The Kier molecular flexibility index (Phi) is 4.43. The predicted molar refractivity (Wildman–Crippen MR) is 88.0 cm³/mol. The van der Waals surface area contributed by atoms with E-state index >= 15 is 0 Å². The van der Waals surface area contributed by atoms with Crippen LogP contribution in [0.4, 0.5) is 0 Å². The molecule has 1 atom stereocenters. The molecule has 3 rings (SSSR count). The number of amides is 1. The van der Waals surface area contributed by atoms with Gasteiger partial charge >= 0.3 is 0 Å². The van der Waals surface area contributed by atoms with E-state index in [4.69, 9.17) is 0 Å². The van der Waals surface area contributed by atoms with E-state index in [0.717, 1.165) is 36.1 Å². The molecule has 0 spiro atoms. The van der Waals surface area contributed by atoms with Gasteiger partial charge in [0, 0.05) is 18.0 Å². The second-order valence-electron chi connectivity index (χ2n) is 6.36. The first-order chi connectivity index (χ1) is 10.6. The maximum atomic E-state index is 12.5. The molecule has 0 bridgehead atoms. The molecule has 1 unspecified atom stereocenters. The summed E-state index contributed by atoms with van der Waals surface area (Å²) >= 11 is 0. The first-order valence-corrected chi connectivity index (χ1v) is 8.11. The van der Waals surface area contributed by atoms with Crippen molar-refractivity contribution in [2.24, 2.45) is 0 Å². The van der Waals surface area contributed by atoms with Crippen LogP contribution in [0, 0.1) is 6.92 Å². The molecule has 1 amide bonds. The SMILES string of the molecule is Cc1ccc2[nH]nc(C(=O)NC(C)CN3CCCCC3)c2c1. The minimum Gasteiger partial charge on any atom is -0.347 e. The molecular weight excluding hydrogens is 276 g/mol. The number of carbonyl (C=O) groups excluding carboxylic acids is 1. The van der Waals surface area contributed by atoms with Gasteiger partial charge in [-0.3, -0.25) is 9.89 Å². The van der Waals surface area contributed by atoms with Gasteiger partial charge < -0.3 is 10.2 Å². The predicted octanol–water partition coefficient (Wildman–Crippen LogP) is 2.48. The summed E-state index contributed by atoms with van der Waals surface area (Å²) in [6.07, 6.45) is 3.86. The van der Waals surface area contributed by atoms with Gasteiger partial charge in [0.15, 0.2) is 5.69 Å². The van der Waals surface area contributed by atoms with Crippen molar-refractivity contribution in [2.45, 2.75) is 39.2 Å². The number of aryl methyl sites for hydroxylation is 1. The van der Waals surface area contributed by atoms with Gasteiger partial charge in [-0.1, -0.05) is 18.1 Å². The van der Waals surface area contributed by atoms with Crippen molar-refractivity contribution < 1.29 is 4.79 Å². The molecule has 5 heteroatoms. The molecule has 0 radical (unpaired) electrons. The van der Waals surface area contributed by atoms with Crippen molar-refractivity contribution in [3.63, 3.8) is 0 Å². The quantitative estimate of drug-likeness (QED) is 0.912. The Hall–Kier alpha value is -1.88. The Morgan fingerprint density at radius 1 is 1.36 bits per heavy atom. The molecule has 2 heterocycles. The third-order valence-corrected chi connectivity index (χ3v) is 4.29. The zero-order valence-corrected chi connectivity index (χ0v) is 13.4. The molecule has 2 N–H and O–H groups in total. The summed E-state index contributed by atoms with van der Waals surface area (Å²) in [4.78, 5) is 14.9. The average Bonchev–Trinajstić information content (AvgIpc) is 2.91. The molecule has 2 aromatic rings. The minimum atomic E-state index is -0.0960. The molecular formula is C17H24N4O. The van der Waals surface area contributed by atoms with Crippen LogP contribution in [0.2, 0.25) is 0 Å². The zero-order valence-electron chi connectivity index (χ0n) is 13.4. The Morgan fingerprint density at radius 3 is 2.91 bits per heavy atom. The molecule has 1 aromatic heterocycles. The van der Waals surface area contributed by atoms with Crippen LogP contribution in [0.5, 0.6) is 0 Å². The van der Waals surface area contributed by atoms with Gasteiger partial charge in [0.25, 0.3) is 5.91 Å². The molecule has 0 aliphatic carbocycles. The molecule has 118 valence electrons. The van der Waals surface area contributed by atoms with Crippen molar-refractivity contribution in [3.05, 3.63) is 29.5 Å². The van der Waals surface area contributed by atoms with E-state index in [9.17, 15) is 4.79 Å². The van der Waals surface area contributed by atoms with E-state index in [2.05, 4.69) is 27.3 Å². The highest BCUT2D eigenvalue weighted by Gasteiger charge is 2.18. The summed E-state index contributed by atoms with van der Waals surface area (Å²) in [5.74, 6) is -0.0960. The van der Waals surface area contributed by atoms with Gasteiger partial charge in [-0.15, -0.1) is 0 Å². The Balaban J connectivity index is 1.66. The first-order valence-electron chi connectivity index (χ1n) is 8.11. The molecule has 5 nitrogen and oxygen atoms in total. The van der Waals surface area contributed by atoms with Crippen molar-refractivity contribution >= 4 is 16.8 Å². The lowest BCUT2D eigenvalue weighted by Crippen LogP contribution is -2.43. The number of likely N-dealkylation sites (tertiary alicyclic amines) is 1. The minimum absolute atomic E-state index is 0.0960. The van der Waals surface area contributed by atoms with Gasteiger partial charge in [-0.2, -0.15) is 5.10 Å². The maximum absolute atomic E-state index is 12.5. The topological polar surface area (TPSA) is 61.0 Å². The summed E-state index contributed by atoms with van der Waals surface area (Å²) in [6, 6.07) is 6.11. The van der Waals surface area contributed by atoms with E-state index in [0.29, 0.717) is 5.69 Å². The number of rotatable bonds is 4. The third kappa shape index (κ3) is 3.30. The number of benzene rings is 1. The summed E-state index contributed by atoms with van der Waals surface area (Å²) in [7, 11) is 0. The third-order valence-electron chi connectivity index (χ3n) is 4.29. The fourth-order valence-electron chi connectivity index (χ4n) is 3.17. The highest BCUT2D eigenvalue weighted by molar-refractivity contribution is 6.04. The van der Waals surface area contributed by atoms with Crippen LogP contribution >= 0.6 is 0 Å². The number of fused-ring (bicyclic) bond motifs is 1. The van der Waals surface area contributed by atoms with E-state index in [1.807, 2.05) is 25.1 Å².